The average Bonchev–Trinajstić information content (AvgIpc) is 2.99. The molecule has 2 N–H and O–H groups in total. The van der Waals surface area contributed by atoms with Crippen molar-refractivity contribution in [2.45, 2.75) is 26.3 Å². The summed E-state index contributed by atoms with van der Waals surface area (Å²) in [6.07, 6.45) is 1.64. The number of rotatable bonds is 5. The van der Waals surface area contributed by atoms with Gasteiger partial charge in [-0.2, -0.15) is 0 Å². The van der Waals surface area contributed by atoms with Crippen LogP contribution < -0.4 is 5.32 Å². The molecule has 102 valence electrons. The quantitative estimate of drug-likeness (QED) is 0.849. The van der Waals surface area contributed by atoms with Gasteiger partial charge in [-0.15, -0.1) is 0 Å². The number of hydrogen-bond donors (Lipinski definition) is 2. The Labute approximate surface area is 110 Å². The normalized spacial score (nSPS) is 12.4. The second-order valence-electron chi connectivity index (χ2n) is 4.33. The number of furan rings is 1. The first kappa shape index (κ1) is 13.4. The minimum absolute atomic E-state index is 0.0960. The van der Waals surface area contributed by atoms with E-state index in [1.54, 1.807) is 26.0 Å². The molecule has 2 heterocycles. The van der Waals surface area contributed by atoms with E-state index in [1.807, 2.05) is 0 Å². The number of carbonyl (C=O) groups excluding carboxylic acids is 1. The fourth-order valence-electron chi connectivity index (χ4n) is 1.62. The van der Waals surface area contributed by atoms with Gasteiger partial charge in [-0.3, -0.25) is 4.79 Å². The first-order chi connectivity index (χ1) is 9.10. The lowest BCUT2D eigenvalue weighted by molar-refractivity contribution is -0.121. The summed E-state index contributed by atoms with van der Waals surface area (Å²) in [4.78, 5) is 15.9. The van der Waals surface area contributed by atoms with Gasteiger partial charge in [-0.1, -0.05) is 0 Å². The van der Waals surface area contributed by atoms with Crippen molar-refractivity contribution in [2.75, 3.05) is 6.61 Å². The molecule has 0 aliphatic carbocycles. The fraction of sp³-hybridized carbons (Fsp3) is 0.385. The summed E-state index contributed by atoms with van der Waals surface area (Å²) >= 11 is 0. The first-order valence-corrected chi connectivity index (χ1v) is 6.00. The number of nitrogens with one attached hydrogen (secondary N) is 1. The molecular formula is C13H16N2O4. The Bertz CT molecular complexity index is 545. The summed E-state index contributed by atoms with van der Waals surface area (Å²) in [5, 5.41) is 11.5. The molecule has 2 rings (SSSR count). The summed E-state index contributed by atoms with van der Waals surface area (Å²) in [6, 6.07) is 3.21. The zero-order valence-corrected chi connectivity index (χ0v) is 10.8. The number of aliphatic hydroxyl groups is 1. The minimum atomic E-state index is -0.274. The van der Waals surface area contributed by atoms with Crippen LogP contribution in [-0.2, 0) is 11.2 Å². The predicted molar refractivity (Wildman–Crippen MR) is 67.3 cm³/mol. The van der Waals surface area contributed by atoms with Crippen LogP contribution in [0.5, 0.6) is 0 Å². The van der Waals surface area contributed by atoms with E-state index in [0.717, 1.165) is 0 Å². The minimum Gasteiger partial charge on any atom is -0.459 e. The van der Waals surface area contributed by atoms with Gasteiger partial charge < -0.3 is 19.3 Å². The molecule has 0 saturated carbocycles. The van der Waals surface area contributed by atoms with E-state index in [2.05, 4.69) is 10.3 Å². The smallest absolute Gasteiger partial charge is 0.263 e. The highest BCUT2D eigenvalue weighted by atomic mass is 16.4. The zero-order chi connectivity index (χ0) is 13.8. The molecule has 1 amide bonds. The van der Waals surface area contributed by atoms with Crippen molar-refractivity contribution in [3.8, 4) is 11.7 Å². The third kappa shape index (κ3) is 3.23. The maximum absolute atomic E-state index is 11.7. The van der Waals surface area contributed by atoms with Gasteiger partial charge >= 0.3 is 0 Å². The number of hydrogen-bond acceptors (Lipinski definition) is 5. The van der Waals surface area contributed by atoms with Crippen molar-refractivity contribution in [1.82, 2.24) is 10.3 Å². The van der Waals surface area contributed by atoms with Gasteiger partial charge in [0.05, 0.1) is 25.0 Å². The van der Waals surface area contributed by atoms with E-state index in [9.17, 15) is 4.79 Å². The lowest BCUT2D eigenvalue weighted by Gasteiger charge is -2.09. The first-order valence-electron chi connectivity index (χ1n) is 6.00. The van der Waals surface area contributed by atoms with Gasteiger partial charge in [0.2, 0.25) is 5.91 Å². The maximum Gasteiger partial charge on any atom is 0.263 e. The zero-order valence-electron chi connectivity index (χ0n) is 10.8. The van der Waals surface area contributed by atoms with Crippen molar-refractivity contribution in [2.24, 2.45) is 0 Å². The molecule has 1 unspecified atom stereocenters. The van der Waals surface area contributed by atoms with Crippen molar-refractivity contribution >= 4 is 5.91 Å². The van der Waals surface area contributed by atoms with E-state index in [4.69, 9.17) is 13.9 Å². The van der Waals surface area contributed by atoms with Crippen LogP contribution in [0.25, 0.3) is 11.7 Å². The molecule has 0 spiro atoms. The molecule has 0 fully saturated rings. The summed E-state index contributed by atoms with van der Waals surface area (Å²) in [7, 11) is 0. The Balaban J connectivity index is 2.07. The van der Waals surface area contributed by atoms with E-state index in [-0.39, 0.29) is 25.0 Å². The van der Waals surface area contributed by atoms with E-state index >= 15 is 0 Å². The highest BCUT2D eigenvalue weighted by molar-refractivity contribution is 5.78. The lowest BCUT2D eigenvalue weighted by atomic mass is 10.2. The van der Waals surface area contributed by atoms with Crippen LogP contribution in [0.2, 0.25) is 0 Å². The molecule has 0 saturated heterocycles. The summed E-state index contributed by atoms with van der Waals surface area (Å²) in [5.41, 5.74) is 0.564. The molecule has 0 radical (unpaired) electrons. The number of oxazole rings is 1. The van der Waals surface area contributed by atoms with Crippen molar-refractivity contribution < 1.29 is 18.7 Å². The van der Waals surface area contributed by atoms with Crippen LogP contribution in [0.1, 0.15) is 18.4 Å². The number of aromatic nitrogens is 1. The number of aryl methyl sites for hydroxylation is 1. The van der Waals surface area contributed by atoms with E-state index < -0.39 is 0 Å². The molecule has 2 aromatic rings. The molecule has 0 aliphatic rings. The molecule has 0 aromatic carbocycles. The van der Waals surface area contributed by atoms with E-state index in [0.29, 0.717) is 23.1 Å². The van der Waals surface area contributed by atoms with Crippen LogP contribution in [0, 0.1) is 6.92 Å². The van der Waals surface area contributed by atoms with Gasteiger partial charge in [0.25, 0.3) is 5.89 Å². The Morgan fingerprint density at radius 1 is 1.58 bits per heavy atom. The molecule has 6 nitrogen and oxygen atoms in total. The van der Waals surface area contributed by atoms with Gasteiger partial charge in [0.1, 0.15) is 5.76 Å². The molecule has 19 heavy (non-hydrogen) atoms. The standard InChI is InChI=1S/C13H16N2O4/c1-8(7-16)14-12(17)6-10-9(2)19-13(15-10)11-4-3-5-18-11/h3-5,8,16H,6-7H2,1-2H3,(H,14,17). The second-order valence-corrected chi connectivity index (χ2v) is 4.33. The third-order valence-corrected chi connectivity index (χ3v) is 2.63. The van der Waals surface area contributed by atoms with Crippen LogP contribution in [0.15, 0.2) is 27.2 Å². The van der Waals surface area contributed by atoms with Gasteiger partial charge in [-0.05, 0) is 26.0 Å². The van der Waals surface area contributed by atoms with Gasteiger partial charge in [-0.25, -0.2) is 4.98 Å². The fourth-order valence-corrected chi connectivity index (χ4v) is 1.62. The van der Waals surface area contributed by atoms with E-state index in [1.165, 1.54) is 6.26 Å². The Morgan fingerprint density at radius 3 is 3.00 bits per heavy atom. The van der Waals surface area contributed by atoms with Gasteiger partial charge in [0.15, 0.2) is 5.76 Å². The third-order valence-electron chi connectivity index (χ3n) is 2.63. The maximum atomic E-state index is 11.7. The SMILES string of the molecule is Cc1oc(-c2ccco2)nc1CC(=O)NC(C)CO. The molecule has 1 atom stereocenters. The van der Waals surface area contributed by atoms with Gasteiger partial charge in [0, 0.05) is 6.04 Å². The van der Waals surface area contributed by atoms with Crippen LogP contribution in [-0.4, -0.2) is 28.6 Å². The number of amides is 1. The number of aliphatic hydroxyl groups excluding tert-OH is 1. The lowest BCUT2D eigenvalue weighted by Crippen LogP contribution is -2.36. The predicted octanol–water partition coefficient (Wildman–Crippen LogP) is 1.28. The summed E-state index contributed by atoms with van der Waals surface area (Å²) < 4.78 is 10.6. The highest BCUT2D eigenvalue weighted by Crippen LogP contribution is 2.22. The number of carbonyl (C=O) groups is 1. The summed E-state index contributed by atoms with van der Waals surface area (Å²) in [6.45, 7) is 3.38. The monoisotopic (exact) mass is 264 g/mol. The van der Waals surface area contributed by atoms with Crippen LogP contribution in [0.3, 0.4) is 0 Å². The van der Waals surface area contributed by atoms with Crippen molar-refractivity contribution in [3.63, 3.8) is 0 Å². The van der Waals surface area contributed by atoms with Crippen LogP contribution >= 0.6 is 0 Å². The highest BCUT2D eigenvalue weighted by Gasteiger charge is 2.16. The Kier molecular flexibility index (Phi) is 4.01. The molecule has 2 aromatic heterocycles. The molecular weight excluding hydrogens is 248 g/mol. The summed E-state index contributed by atoms with van der Waals surface area (Å²) in [5.74, 6) is 1.26. The second kappa shape index (κ2) is 5.71. The largest absolute Gasteiger partial charge is 0.459 e. The van der Waals surface area contributed by atoms with Crippen molar-refractivity contribution in [3.05, 3.63) is 29.9 Å². The molecule has 6 heteroatoms. The van der Waals surface area contributed by atoms with Crippen molar-refractivity contribution in [1.29, 1.82) is 0 Å². The molecule has 0 bridgehead atoms. The molecule has 0 aliphatic heterocycles. The average molecular weight is 264 g/mol. The number of nitrogens with zero attached hydrogens (tertiary/aromatic N) is 1. The topological polar surface area (TPSA) is 88.5 Å². The van der Waals surface area contributed by atoms with Crippen LogP contribution in [0.4, 0.5) is 0 Å². The Morgan fingerprint density at radius 2 is 2.37 bits per heavy atom. The Hall–Kier alpha value is -2.08.